The Balaban J connectivity index is 1.31. The topological polar surface area (TPSA) is 71.9 Å². The molecule has 6 aromatic rings. The van der Waals surface area contributed by atoms with Crippen LogP contribution in [0.15, 0.2) is 134 Å². The van der Waals surface area contributed by atoms with Gasteiger partial charge in [0.25, 0.3) is 0 Å². The van der Waals surface area contributed by atoms with Crippen molar-refractivity contribution in [2.45, 2.75) is 13.2 Å². The van der Waals surface area contributed by atoms with Crippen LogP contribution in [0.1, 0.15) is 11.1 Å². The maximum absolute atomic E-state index is 6.57. The minimum Gasteiger partial charge on any atom is -0.496 e. The zero-order valence-corrected chi connectivity index (χ0v) is 25.1. The molecule has 0 fully saturated rings. The second kappa shape index (κ2) is 14.1. The number of hydrogen-bond acceptors (Lipinski definition) is 7. The summed E-state index contributed by atoms with van der Waals surface area (Å²) in [5, 5.41) is 0. The minimum atomic E-state index is 0.438. The smallest absolute Gasteiger partial charge is 0.153 e. The van der Waals surface area contributed by atoms with Gasteiger partial charge in [0.15, 0.2) is 11.5 Å². The second-order valence-corrected chi connectivity index (χ2v) is 10.1. The van der Waals surface area contributed by atoms with Gasteiger partial charge >= 0.3 is 0 Å². The van der Waals surface area contributed by atoms with Crippen molar-refractivity contribution in [3.8, 4) is 57.0 Å². The minimum absolute atomic E-state index is 0.438. The third kappa shape index (κ3) is 7.05. The lowest BCUT2D eigenvalue weighted by molar-refractivity contribution is 0.305. The Morgan fingerprint density at radius 2 is 0.911 bits per heavy atom. The summed E-state index contributed by atoms with van der Waals surface area (Å²) in [6.07, 6.45) is 3.44. The fourth-order valence-electron chi connectivity index (χ4n) is 4.87. The Hall–Kier alpha value is -5.82. The zero-order valence-electron chi connectivity index (χ0n) is 25.1. The molecule has 0 spiro atoms. The molecule has 0 radical (unpaired) electrons. The number of rotatable bonds is 12. The molecule has 0 saturated heterocycles. The van der Waals surface area contributed by atoms with E-state index >= 15 is 0 Å². The van der Waals surface area contributed by atoms with E-state index in [4.69, 9.17) is 33.7 Å². The van der Waals surface area contributed by atoms with Gasteiger partial charge in [-0.2, -0.15) is 0 Å². The molecule has 0 bridgehead atoms. The Morgan fingerprint density at radius 1 is 0.467 bits per heavy atom. The van der Waals surface area contributed by atoms with Crippen molar-refractivity contribution in [3.63, 3.8) is 0 Å². The van der Waals surface area contributed by atoms with E-state index in [2.05, 4.69) is 0 Å². The number of benzene rings is 4. The third-order valence-corrected chi connectivity index (χ3v) is 7.11. The molecule has 0 unspecified atom stereocenters. The molecule has 4 aromatic carbocycles. The number of aromatic nitrogens is 2. The van der Waals surface area contributed by atoms with Gasteiger partial charge in [-0.05, 0) is 71.8 Å². The van der Waals surface area contributed by atoms with Gasteiger partial charge in [0.05, 0.1) is 14.2 Å². The lowest BCUT2D eigenvalue weighted by atomic mass is 10.1. The Kier molecular flexibility index (Phi) is 9.17. The van der Waals surface area contributed by atoms with E-state index in [1.807, 2.05) is 121 Å². The molecule has 7 nitrogen and oxygen atoms in total. The average Bonchev–Trinajstić information content (AvgIpc) is 3.11. The molecule has 6 rings (SSSR count). The molecule has 2 aromatic heterocycles. The molecule has 45 heavy (non-hydrogen) atoms. The van der Waals surface area contributed by atoms with Crippen LogP contribution in [0.2, 0.25) is 0 Å². The normalized spacial score (nSPS) is 10.6. The molecule has 2 heterocycles. The van der Waals surface area contributed by atoms with Crippen LogP contribution in [0.4, 0.5) is 0 Å². The maximum Gasteiger partial charge on any atom is 0.153 e. The summed E-state index contributed by atoms with van der Waals surface area (Å²) in [5.41, 5.74) is 4.81. The van der Waals surface area contributed by atoms with Gasteiger partial charge in [-0.1, -0.05) is 60.7 Å². The van der Waals surface area contributed by atoms with E-state index < -0.39 is 0 Å². The van der Waals surface area contributed by atoms with Gasteiger partial charge in [-0.25, -0.2) is 0 Å². The second-order valence-electron chi connectivity index (χ2n) is 10.1. The summed E-state index contributed by atoms with van der Waals surface area (Å²) in [7, 11) is 3.26. The maximum atomic E-state index is 6.57. The van der Waals surface area contributed by atoms with Gasteiger partial charge < -0.3 is 23.7 Å². The lowest BCUT2D eigenvalue weighted by Gasteiger charge is -2.17. The predicted molar refractivity (Wildman–Crippen MR) is 174 cm³/mol. The molecule has 0 N–H and O–H groups in total. The molecule has 0 saturated carbocycles. The van der Waals surface area contributed by atoms with E-state index in [1.54, 1.807) is 26.6 Å². The van der Waals surface area contributed by atoms with Crippen LogP contribution in [0.3, 0.4) is 0 Å². The highest BCUT2D eigenvalue weighted by molar-refractivity contribution is 5.77. The number of hydrogen-bond donors (Lipinski definition) is 0. The SMILES string of the molecule is COc1ccc(OCc2ccccc2)cc1-c1ncccc1Oc1cccnc1-c1cc(OCc2ccccc2)ccc1OC. The highest BCUT2D eigenvalue weighted by Crippen LogP contribution is 2.42. The van der Waals surface area contributed by atoms with E-state index in [9.17, 15) is 0 Å². The van der Waals surface area contributed by atoms with Gasteiger partial charge in [-0.15, -0.1) is 0 Å². The molecule has 7 heteroatoms. The summed E-state index contributed by atoms with van der Waals surface area (Å²) >= 11 is 0. The van der Waals surface area contributed by atoms with Gasteiger partial charge in [0, 0.05) is 23.5 Å². The summed E-state index contributed by atoms with van der Waals surface area (Å²) in [4.78, 5) is 9.38. The van der Waals surface area contributed by atoms with Crippen molar-refractivity contribution in [1.29, 1.82) is 0 Å². The zero-order chi connectivity index (χ0) is 30.8. The van der Waals surface area contributed by atoms with Crippen molar-refractivity contribution in [1.82, 2.24) is 9.97 Å². The Labute approximate surface area is 262 Å². The van der Waals surface area contributed by atoms with Crippen molar-refractivity contribution < 1.29 is 23.7 Å². The summed E-state index contributed by atoms with van der Waals surface area (Å²) in [5.74, 6) is 3.71. The summed E-state index contributed by atoms with van der Waals surface area (Å²) in [6.45, 7) is 0.875. The fraction of sp³-hybridized carbons (Fsp3) is 0.105. The van der Waals surface area contributed by atoms with Crippen LogP contribution in [-0.4, -0.2) is 24.2 Å². The van der Waals surface area contributed by atoms with E-state index in [0.717, 1.165) is 22.3 Å². The van der Waals surface area contributed by atoms with Crippen LogP contribution in [-0.2, 0) is 13.2 Å². The van der Waals surface area contributed by atoms with Crippen molar-refractivity contribution in [2.75, 3.05) is 14.2 Å². The first kappa shape index (κ1) is 29.3. The number of pyridine rings is 2. The van der Waals surface area contributed by atoms with Gasteiger partial charge in [-0.3, -0.25) is 9.97 Å². The van der Waals surface area contributed by atoms with Crippen LogP contribution in [0, 0.1) is 0 Å². The predicted octanol–water partition coefficient (Wildman–Crippen LogP) is 8.78. The molecule has 0 amide bonds. The first-order valence-corrected chi connectivity index (χ1v) is 14.5. The number of nitrogens with zero attached hydrogens (tertiary/aromatic N) is 2. The van der Waals surface area contributed by atoms with E-state index in [1.165, 1.54) is 0 Å². The molecular weight excluding hydrogens is 564 g/mol. The fourth-order valence-corrected chi connectivity index (χ4v) is 4.87. The van der Waals surface area contributed by atoms with Crippen LogP contribution in [0.5, 0.6) is 34.5 Å². The molecule has 0 aliphatic heterocycles. The first-order valence-electron chi connectivity index (χ1n) is 14.5. The lowest BCUT2D eigenvalue weighted by Crippen LogP contribution is -1.99. The van der Waals surface area contributed by atoms with Crippen LogP contribution in [0.25, 0.3) is 22.5 Å². The van der Waals surface area contributed by atoms with E-state index in [0.29, 0.717) is 59.1 Å². The number of ether oxygens (including phenoxy) is 5. The van der Waals surface area contributed by atoms with Gasteiger partial charge in [0.2, 0.25) is 0 Å². The molecule has 0 aliphatic carbocycles. The van der Waals surface area contributed by atoms with Crippen LogP contribution >= 0.6 is 0 Å². The van der Waals surface area contributed by atoms with Crippen LogP contribution < -0.4 is 23.7 Å². The standard InChI is InChI=1S/C38H32N2O5/c1-41-33-19-17-29(43-25-27-11-5-3-6-12-27)23-31(33)37-35(15-9-21-39-37)45-36-16-10-22-40-38(36)32-24-30(18-20-34(32)42-2)44-26-28-13-7-4-8-14-28/h3-24H,25-26H2,1-2H3. The van der Waals surface area contributed by atoms with E-state index in [-0.39, 0.29) is 0 Å². The molecule has 0 atom stereocenters. The quantitative estimate of drug-likeness (QED) is 0.140. The highest BCUT2D eigenvalue weighted by atomic mass is 16.5. The largest absolute Gasteiger partial charge is 0.496 e. The molecule has 224 valence electrons. The summed E-state index contributed by atoms with van der Waals surface area (Å²) < 4.78 is 30.2. The summed E-state index contributed by atoms with van der Waals surface area (Å²) in [6, 6.07) is 38.8. The van der Waals surface area contributed by atoms with Crippen molar-refractivity contribution in [3.05, 3.63) is 145 Å². The molecule has 0 aliphatic rings. The Morgan fingerprint density at radius 3 is 1.33 bits per heavy atom. The average molecular weight is 597 g/mol. The first-order chi connectivity index (χ1) is 22.2. The number of methoxy groups -OCH3 is 2. The highest BCUT2D eigenvalue weighted by Gasteiger charge is 2.19. The van der Waals surface area contributed by atoms with Crippen molar-refractivity contribution in [2.24, 2.45) is 0 Å². The third-order valence-electron chi connectivity index (χ3n) is 7.11. The van der Waals surface area contributed by atoms with Gasteiger partial charge in [0.1, 0.15) is 47.6 Å². The van der Waals surface area contributed by atoms with Crippen molar-refractivity contribution >= 4 is 0 Å². The Bertz CT molecular complexity index is 1730. The molecular formula is C38H32N2O5. The monoisotopic (exact) mass is 596 g/mol.